The fourth-order valence-corrected chi connectivity index (χ4v) is 2.96. The fraction of sp³-hybridized carbons (Fsp3) is 0.125. The van der Waals surface area contributed by atoms with Crippen LogP contribution >= 0.6 is 0 Å². The highest BCUT2D eigenvalue weighted by Gasteiger charge is 2.12. The van der Waals surface area contributed by atoms with Gasteiger partial charge in [-0.25, -0.2) is 18.5 Å². The summed E-state index contributed by atoms with van der Waals surface area (Å²) >= 11 is 0. The van der Waals surface area contributed by atoms with E-state index in [2.05, 4.69) is 10.3 Å². The molecule has 122 valence electrons. The van der Waals surface area contributed by atoms with Crippen LogP contribution in [0.15, 0.2) is 47.5 Å². The van der Waals surface area contributed by atoms with Crippen molar-refractivity contribution in [2.24, 2.45) is 5.14 Å². The molecule has 0 fully saturated rings. The summed E-state index contributed by atoms with van der Waals surface area (Å²) < 4.78 is 24.7. The summed E-state index contributed by atoms with van der Waals surface area (Å²) in [4.78, 5) is 4.41. The molecule has 1 aromatic carbocycles. The number of benzene rings is 1. The SMILES string of the molecule is Cc1cccc2nc(CNc3ccc(S(N)(=O)=O)cc3C#N)cn12. The molecule has 0 saturated heterocycles. The molecule has 0 bridgehead atoms. The summed E-state index contributed by atoms with van der Waals surface area (Å²) in [6.45, 7) is 2.40. The Bertz CT molecular complexity index is 1060. The summed E-state index contributed by atoms with van der Waals surface area (Å²) in [6.07, 6.45) is 1.92. The normalized spacial score (nSPS) is 11.4. The lowest BCUT2D eigenvalue weighted by molar-refractivity contribution is 0.598. The summed E-state index contributed by atoms with van der Waals surface area (Å²) in [6, 6.07) is 12.0. The van der Waals surface area contributed by atoms with E-state index in [1.165, 1.54) is 18.2 Å². The highest BCUT2D eigenvalue weighted by molar-refractivity contribution is 7.89. The molecule has 0 amide bonds. The molecule has 0 unspecified atom stereocenters. The maximum atomic E-state index is 11.4. The number of nitrogens with one attached hydrogen (secondary N) is 1. The van der Waals surface area contributed by atoms with Gasteiger partial charge >= 0.3 is 0 Å². The molecular formula is C16H15N5O2S. The van der Waals surface area contributed by atoms with Crippen LogP contribution in [0.25, 0.3) is 5.65 Å². The Morgan fingerprint density at radius 1 is 1.33 bits per heavy atom. The van der Waals surface area contributed by atoms with Gasteiger partial charge < -0.3 is 9.72 Å². The van der Waals surface area contributed by atoms with E-state index in [-0.39, 0.29) is 10.5 Å². The summed E-state index contributed by atoms with van der Waals surface area (Å²) in [5.74, 6) is 0. The van der Waals surface area contributed by atoms with Crippen LogP contribution in [0.4, 0.5) is 5.69 Å². The number of rotatable bonds is 4. The number of anilines is 1. The first kappa shape index (κ1) is 16.0. The minimum absolute atomic E-state index is 0.0899. The number of sulfonamides is 1. The zero-order valence-corrected chi connectivity index (χ0v) is 13.7. The first-order chi connectivity index (χ1) is 11.4. The van der Waals surface area contributed by atoms with Gasteiger partial charge in [0.1, 0.15) is 11.7 Å². The Balaban J connectivity index is 1.86. The van der Waals surface area contributed by atoms with Gasteiger partial charge in [-0.05, 0) is 37.3 Å². The smallest absolute Gasteiger partial charge is 0.238 e. The van der Waals surface area contributed by atoms with Crippen molar-refractivity contribution in [1.29, 1.82) is 5.26 Å². The second-order valence-corrected chi connectivity index (χ2v) is 6.91. The zero-order valence-electron chi connectivity index (χ0n) is 12.9. The lowest BCUT2D eigenvalue weighted by Gasteiger charge is -2.08. The summed E-state index contributed by atoms with van der Waals surface area (Å²) in [7, 11) is -3.84. The molecule has 3 aromatic rings. The molecule has 2 aromatic heterocycles. The van der Waals surface area contributed by atoms with Gasteiger partial charge in [-0.2, -0.15) is 5.26 Å². The van der Waals surface area contributed by atoms with Gasteiger partial charge in [0, 0.05) is 11.9 Å². The van der Waals surface area contributed by atoms with Crippen molar-refractivity contribution in [3.8, 4) is 6.07 Å². The van der Waals surface area contributed by atoms with Gasteiger partial charge in [0.25, 0.3) is 0 Å². The topological polar surface area (TPSA) is 113 Å². The Morgan fingerprint density at radius 3 is 2.79 bits per heavy atom. The van der Waals surface area contributed by atoms with Crippen LogP contribution in [0.5, 0.6) is 0 Å². The number of hydrogen-bond donors (Lipinski definition) is 2. The van der Waals surface area contributed by atoms with Crippen LogP contribution in [-0.2, 0) is 16.6 Å². The Labute approximate surface area is 139 Å². The van der Waals surface area contributed by atoms with E-state index in [0.29, 0.717) is 12.2 Å². The molecular weight excluding hydrogens is 326 g/mol. The summed E-state index contributed by atoms with van der Waals surface area (Å²) in [5, 5.41) is 17.4. The van der Waals surface area contributed by atoms with E-state index >= 15 is 0 Å². The molecule has 3 N–H and O–H groups in total. The maximum Gasteiger partial charge on any atom is 0.238 e. The third-order valence-corrected chi connectivity index (χ3v) is 4.56. The maximum absolute atomic E-state index is 11.4. The van der Waals surface area contributed by atoms with Crippen molar-refractivity contribution >= 4 is 21.4 Å². The molecule has 0 aliphatic heterocycles. The Kier molecular flexibility index (Phi) is 3.97. The fourth-order valence-electron chi connectivity index (χ4n) is 2.42. The van der Waals surface area contributed by atoms with Crippen molar-refractivity contribution in [3.05, 3.63) is 59.5 Å². The standard InChI is InChI=1S/C16H15N5O2S/c1-11-3-2-4-16-20-13(10-21(11)16)9-19-15-6-5-14(24(18,22)23)7-12(15)8-17/h2-7,10,19H,9H2,1H3,(H2,18,22,23). The molecule has 0 radical (unpaired) electrons. The van der Waals surface area contributed by atoms with Crippen LogP contribution in [0.3, 0.4) is 0 Å². The van der Waals surface area contributed by atoms with Crippen molar-refractivity contribution < 1.29 is 8.42 Å². The minimum Gasteiger partial charge on any atom is -0.378 e. The first-order valence-electron chi connectivity index (χ1n) is 7.13. The Hall–Kier alpha value is -2.89. The lowest BCUT2D eigenvalue weighted by atomic mass is 10.2. The van der Waals surface area contributed by atoms with Crippen LogP contribution < -0.4 is 10.5 Å². The number of primary sulfonamides is 1. The van der Waals surface area contributed by atoms with Crippen LogP contribution in [0.2, 0.25) is 0 Å². The minimum atomic E-state index is -3.84. The summed E-state index contributed by atoms with van der Waals surface area (Å²) in [5.41, 5.74) is 3.46. The largest absolute Gasteiger partial charge is 0.378 e. The number of aromatic nitrogens is 2. The van der Waals surface area contributed by atoms with Crippen molar-refractivity contribution in [2.75, 3.05) is 5.32 Å². The highest BCUT2D eigenvalue weighted by Crippen LogP contribution is 2.20. The number of nitrogens with zero attached hydrogens (tertiary/aromatic N) is 3. The van der Waals surface area contributed by atoms with Gasteiger partial charge in [-0.15, -0.1) is 0 Å². The van der Waals surface area contributed by atoms with E-state index < -0.39 is 10.0 Å². The molecule has 0 aliphatic rings. The van der Waals surface area contributed by atoms with E-state index in [1.54, 1.807) is 0 Å². The second kappa shape index (κ2) is 5.96. The molecule has 0 saturated carbocycles. The first-order valence-corrected chi connectivity index (χ1v) is 8.67. The monoisotopic (exact) mass is 341 g/mol. The third-order valence-electron chi connectivity index (χ3n) is 3.65. The van der Waals surface area contributed by atoms with Crippen LogP contribution in [-0.4, -0.2) is 17.8 Å². The quantitative estimate of drug-likeness (QED) is 0.751. The second-order valence-electron chi connectivity index (χ2n) is 5.35. The molecule has 2 heterocycles. The predicted octanol–water partition coefficient (Wildman–Crippen LogP) is 1.77. The number of imidazole rings is 1. The van der Waals surface area contributed by atoms with Crippen molar-refractivity contribution in [2.45, 2.75) is 18.4 Å². The van der Waals surface area contributed by atoms with Crippen LogP contribution in [0, 0.1) is 18.3 Å². The van der Waals surface area contributed by atoms with Crippen LogP contribution in [0.1, 0.15) is 17.0 Å². The molecule has 0 atom stereocenters. The van der Waals surface area contributed by atoms with Crippen molar-refractivity contribution in [3.63, 3.8) is 0 Å². The number of aryl methyl sites for hydroxylation is 1. The number of nitrogens with two attached hydrogens (primary N) is 1. The van der Waals surface area contributed by atoms with Crippen molar-refractivity contribution in [1.82, 2.24) is 9.38 Å². The van der Waals surface area contributed by atoms with E-state index in [1.807, 2.05) is 41.8 Å². The number of nitriles is 1. The zero-order chi connectivity index (χ0) is 17.3. The molecule has 7 nitrogen and oxygen atoms in total. The van der Waals surface area contributed by atoms with Gasteiger partial charge in [0.15, 0.2) is 0 Å². The molecule has 0 aliphatic carbocycles. The lowest BCUT2D eigenvalue weighted by Crippen LogP contribution is -2.12. The molecule has 8 heteroatoms. The van der Waals surface area contributed by atoms with E-state index in [0.717, 1.165) is 17.0 Å². The average Bonchev–Trinajstić information content (AvgIpc) is 2.96. The number of pyridine rings is 1. The average molecular weight is 341 g/mol. The number of fused-ring (bicyclic) bond motifs is 1. The van der Waals surface area contributed by atoms with E-state index in [4.69, 9.17) is 5.14 Å². The van der Waals surface area contributed by atoms with E-state index in [9.17, 15) is 13.7 Å². The highest BCUT2D eigenvalue weighted by atomic mass is 32.2. The van der Waals surface area contributed by atoms with Gasteiger partial charge in [0.05, 0.1) is 28.4 Å². The Morgan fingerprint density at radius 2 is 2.12 bits per heavy atom. The third kappa shape index (κ3) is 3.08. The van der Waals surface area contributed by atoms with Gasteiger partial charge in [-0.3, -0.25) is 0 Å². The molecule has 0 spiro atoms. The predicted molar refractivity (Wildman–Crippen MR) is 89.8 cm³/mol. The number of hydrogen-bond acceptors (Lipinski definition) is 5. The molecule has 3 rings (SSSR count). The van der Waals surface area contributed by atoms with Gasteiger partial charge in [-0.1, -0.05) is 6.07 Å². The van der Waals surface area contributed by atoms with Gasteiger partial charge in [0.2, 0.25) is 10.0 Å². The molecule has 24 heavy (non-hydrogen) atoms.